The van der Waals surface area contributed by atoms with Gasteiger partial charge < -0.3 is 10.1 Å². The second-order valence-electron chi connectivity index (χ2n) is 5.83. The first kappa shape index (κ1) is 20.4. The predicted octanol–water partition coefficient (Wildman–Crippen LogP) is 6.25. The number of benzene rings is 2. The van der Waals surface area contributed by atoms with E-state index >= 15 is 0 Å². The number of anilines is 2. The Morgan fingerprint density at radius 1 is 1.24 bits per heavy atom. The van der Waals surface area contributed by atoms with Gasteiger partial charge in [-0.3, -0.25) is 4.99 Å². The van der Waals surface area contributed by atoms with Gasteiger partial charge in [-0.1, -0.05) is 23.7 Å². The standard InChI is InChI=1S/C21H17ClF2N4O/c1-3-13(9-10-25-2)19-27-18-11-14(22)7-8-17(18)20(28-19)26-15-5-4-6-16(12-15)29-21(23)24/h3-12,21H,2H2,1H3,(H,26,27,28)/b10-9-,13-3+. The molecule has 0 aliphatic carbocycles. The van der Waals surface area contributed by atoms with Crippen molar-refractivity contribution in [2.45, 2.75) is 13.5 Å². The van der Waals surface area contributed by atoms with Crippen molar-refractivity contribution >= 4 is 46.3 Å². The van der Waals surface area contributed by atoms with E-state index < -0.39 is 6.61 Å². The van der Waals surface area contributed by atoms with Crippen molar-refractivity contribution in [1.29, 1.82) is 0 Å². The average molecular weight is 415 g/mol. The van der Waals surface area contributed by atoms with Gasteiger partial charge in [0.05, 0.1) is 5.52 Å². The quantitative estimate of drug-likeness (QED) is 0.367. The van der Waals surface area contributed by atoms with E-state index in [1.54, 1.807) is 42.6 Å². The molecule has 1 heterocycles. The summed E-state index contributed by atoms with van der Waals surface area (Å²) in [5.74, 6) is 0.987. The molecule has 0 radical (unpaired) electrons. The summed E-state index contributed by atoms with van der Waals surface area (Å²) >= 11 is 6.13. The number of ether oxygens (including phenoxy) is 1. The number of nitrogens with one attached hydrogen (secondary N) is 1. The number of fused-ring (bicyclic) bond motifs is 1. The number of hydrogen-bond donors (Lipinski definition) is 1. The number of hydrogen-bond acceptors (Lipinski definition) is 5. The lowest BCUT2D eigenvalue weighted by atomic mass is 10.2. The summed E-state index contributed by atoms with van der Waals surface area (Å²) in [6.45, 7) is 2.38. The highest BCUT2D eigenvalue weighted by molar-refractivity contribution is 6.31. The van der Waals surface area contributed by atoms with Crippen LogP contribution in [0.25, 0.3) is 16.5 Å². The molecule has 148 valence electrons. The molecule has 0 fully saturated rings. The molecule has 3 rings (SSSR count). The Kier molecular flexibility index (Phi) is 6.51. The predicted molar refractivity (Wildman–Crippen MR) is 113 cm³/mol. The topological polar surface area (TPSA) is 59.4 Å². The molecule has 0 unspecified atom stereocenters. The van der Waals surface area contributed by atoms with Crippen LogP contribution in [0.3, 0.4) is 0 Å². The number of alkyl halides is 2. The van der Waals surface area contributed by atoms with Crippen molar-refractivity contribution in [1.82, 2.24) is 9.97 Å². The molecule has 0 aliphatic heterocycles. The third-order valence-corrected chi connectivity index (χ3v) is 4.14. The van der Waals surface area contributed by atoms with Gasteiger partial charge in [0.2, 0.25) is 0 Å². The van der Waals surface area contributed by atoms with Gasteiger partial charge in [-0.25, -0.2) is 9.97 Å². The summed E-state index contributed by atoms with van der Waals surface area (Å²) < 4.78 is 29.5. The molecule has 0 atom stereocenters. The smallest absolute Gasteiger partial charge is 0.387 e. The lowest BCUT2D eigenvalue weighted by Gasteiger charge is -2.13. The number of allylic oxidation sites excluding steroid dienone is 3. The Morgan fingerprint density at radius 3 is 2.79 bits per heavy atom. The average Bonchev–Trinajstić information content (AvgIpc) is 2.68. The molecule has 0 bridgehead atoms. The van der Waals surface area contributed by atoms with Crippen LogP contribution in [0, 0.1) is 0 Å². The Bertz CT molecular complexity index is 1100. The van der Waals surface area contributed by atoms with E-state index in [4.69, 9.17) is 11.6 Å². The highest BCUT2D eigenvalue weighted by atomic mass is 35.5. The minimum absolute atomic E-state index is 0.0424. The molecular weight excluding hydrogens is 398 g/mol. The van der Waals surface area contributed by atoms with Crippen molar-refractivity contribution in [3.8, 4) is 5.75 Å². The molecule has 3 aromatic rings. The Hall–Kier alpha value is -3.32. The van der Waals surface area contributed by atoms with Crippen molar-refractivity contribution in [3.63, 3.8) is 0 Å². The number of nitrogens with zero attached hydrogens (tertiary/aromatic N) is 3. The molecule has 1 aromatic heterocycles. The molecule has 0 aliphatic rings. The summed E-state index contributed by atoms with van der Waals surface area (Å²) in [5.41, 5.74) is 1.90. The van der Waals surface area contributed by atoms with Crippen LogP contribution in [0.15, 0.2) is 65.8 Å². The van der Waals surface area contributed by atoms with Gasteiger partial charge in [-0.05, 0) is 50.0 Å². The molecule has 8 heteroatoms. The largest absolute Gasteiger partial charge is 0.435 e. The molecule has 0 saturated heterocycles. The van der Waals surface area contributed by atoms with Crippen molar-refractivity contribution in [2.24, 2.45) is 4.99 Å². The van der Waals surface area contributed by atoms with Gasteiger partial charge in [0, 0.05) is 33.9 Å². The van der Waals surface area contributed by atoms with E-state index in [2.05, 4.69) is 31.7 Å². The Labute approximate surface area is 171 Å². The van der Waals surface area contributed by atoms with Gasteiger partial charge in [-0.2, -0.15) is 8.78 Å². The maximum absolute atomic E-state index is 12.5. The molecule has 1 N–H and O–H groups in total. The summed E-state index contributed by atoms with van der Waals surface area (Å²) in [6, 6.07) is 11.5. The van der Waals surface area contributed by atoms with Crippen LogP contribution in [0.1, 0.15) is 12.7 Å². The third kappa shape index (κ3) is 5.14. The minimum Gasteiger partial charge on any atom is -0.435 e. The van der Waals surface area contributed by atoms with E-state index in [-0.39, 0.29) is 5.75 Å². The lowest BCUT2D eigenvalue weighted by Crippen LogP contribution is -2.03. The SMILES string of the molecule is C=N/C=C\C(=C/C)c1nc(Nc2cccc(OC(F)F)c2)c2ccc(Cl)cc2n1. The van der Waals surface area contributed by atoms with Crippen LogP contribution in [-0.2, 0) is 0 Å². The van der Waals surface area contributed by atoms with Crippen LogP contribution in [0.2, 0.25) is 5.02 Å². The maximum atomic E-state index is 12.5. The normalized spacial score (nSPS) is 12.0. The Balaban J connectivity index is 2.08. The van der Waals surface area contributed by atoms with Gasteiger partial charge in [0.1, 0.15) is 11.6 Å². The second kappa shape index (κ2) is 9.25. The zero-order valence-electron chi connectivity index (χ0n) is 15.4. The molecule has 0 spiro atoms. The zero-order valence-corrected chi connectivity index (χ0v) is 16.2. The van der Waals surface area contributed by atoms with Crippen LogP contribution in [0.5, 0.6) is 5.75 Å². The first-order valence-corrected chi connectivity index (χ1v) is 8.96. The number of halogens is 3. The first-order chi connectivity index (χ1) is 14.0. The van der Waals surface area contributed by atoms with Crippen LogP contribution >= 0.6 is 11.6 Å². The van der Waals surface area contributed by atoms with Gasteiger partial charge in [-0.15, -0.1) is 0 Å². The van der Waals surface area contributed by atoms with E-state index in [0.29, 0.717) is 27.9 Å². The molecule has 29 heavy (non-hydrogen) atoms. The summed E-state index contributed by atoms with van der Waals surface area (Å²) in [7, 11) is 0. The highest BCUT2D eigenvalue weighted by Crippen LogP contribution is 2.29. The van der Waals surface area contributed by atoms with E-state index in [0.717, 1.165) is 11.0 Å². The first-order valence-electron chi connectivity index (χ1n) is 8.58. The fourth-order valence-electron chi connectivity index (χ4n) is 2.65. The van der Waals surface area contributed by atoms with E-state index in [1.165, 1.54) is 12.1 Å². The zero-order chi connectivity index (χ0) is 20.8. The molecule has 0 amide bonds. The summed E-state index contributed by atoms with van der Waals surface area (Å²) in [4.78, 5) is 12.9. The van der Waals surface area contributed by atoms with Crippen LogP contribution in [-0.4, -0.2) is 23.3 Å². The van der Waals surface area contributed by atoms with Gasteiger partial charge in [0.25, 0.3) is 0 Å². The Morgan fingerprint density at radius 2 is 2.07 bits per heavy atom. The summed E-state index contributed by atoms with van der Waals surface area (Å²) in [6.07, 6.45) is 5.12. The maximum Gasteiger partial charge on any atom is 0.387 e. The lowest BCUT2D eigenvalue weighted by molar-refractivity contribution is -0.0497. The van der Waals surface area contributed by atoms with Gasteiger partial charge >= 0.3 is 6.61 Å². The molecular formula is C21H17ClF2N4O. The van der Waals surface area contributed by atoms with Crippen molar-refractivity contribution in [3.05, 3.63) is 71.7 Å². The molecule has 2 aromatic carbocycles. The van der Waals surface area contributed by atoms with Crippen LogP contribution < -0.4 is 10.1 Å². The monoisotopic (exact) mass is 414 g/mol. The number of rotatable bonds is 7. The fraction of sp³-hybridized carbons (Fsp3) is 0.0952. The van der Waals surface area contributed by atoms with E-state index in [1.807, 2.05) is 13.0 Å². The van der Waals surface area contributed by atoms with Crippen molar-refractivity contribution in [2.75, 3.05) is 5.32 Å². The fourth-order valence-corrected chi connectivity index (χ4v) is 2.81. The minimum atomic E-state index is -2.90. The molecule has 0 saturated carbocycles. The number of aliphatic imine (C=N–C) groups is 1. The second-order valence-corrected chi connectivity index (χ2v) is 6.27. The molecule has 5 nitrogen and oxygen atoms in total. The number of aromatic nitrogens is 2. The van der Waals surface area contributed by atoms with Crippen molar-refractivity contribution < 1.29 is 13.5 Å². The highest BCUT2D eigenvalue weighted by Gasteiger charge is 2.12. The third-order valence-electron chi connectivity index (χ3n) is 3.91. The van der Waals surface area contributed by atoms with Gasteiger partial charge in [0.15, 0.2) is 5.82 Å². The summed E-state index contributed by atoms with van der Waals surface area (Å²) in [5, 5.41) is 4.40. The van der Waals surface area contributed by atoms with Crippen LogP contribution in [0.4, 0.5) is 20.3 Å². The van der Waals surface area contributed by atoms with E-state index in [9.17, 15) is 8.78 Å².